The minimum Gasteiger partial charge on any atom is -0.494 e. The molecule has 88 valence electrons. The summed E-state index contributed by atoms with van der Waals surface area (Å²) in [6.45, 7) is 6.05. The Kier molecular flexibility index (Phi) is 3.22. The van der Waals surface area contributed by atoms with Crippen molar-refractivity contribution in [2.24, 2.45) is 0 Å². The summed E-state index contributed by atoms with van der Waals surface area (Å²) in [7, 11) is 0. The molecule has 1 heterocycles. The lowest BCUT2D eigenvalue weighted by Crippen LogP contribution is -2.26. The summed E-state index contributed by atoms with van der Waals surface area (Å²) in [5.74, 6) is 0.872. The third-order valence-electron chi connectivity index (χ3n) is 3.11. The molecular formula is C13H20N2O. The zero-order valence-electron chi connectivity index (χ0n) is 10.1. The van der Waals surface area contributed by atoms with Crippen LogP contribution in [0.15, 0.2) is 18.2 Å². The smallest absolute Gasteiger partial charge is 0.123 e. The number of nitrogens with two attached hydrogens (primary N) is 1. The van der Waals surface area contributed by atoms with E-state index in [1.54, 1.807) is 0 Å². The van der Waals surface area contributed by atoms with Gasteiger partial charge in [0.2, 0.25) is 0 Å². The molecule has 1 aromatic carbocycles. The summed E-state index contributed by atoms with van der Waals surface area (Å²) in [4.78, 5) is 2.40. The van der Waals surface area contributed by atoms with E-state index in [9.17, 15) is 0 Å². The predicted molar refractivity (Wildman–Crippen MR) is 68.1 cm³/mol. The molecule has 2 N–H and O–H groups in total. The third-order valence-corrected chi connectivity index (χ3v) is 3.11. The molecule has 1 fully saturated rings. The summed E-state index contributed by atoms with van der Waals surface area (Å²) < 4.78 is 5.52. The number of hydrogen-bond donors (Lipinski definition) is 1. The first-order valence-electron chi connectivity index (χ1n) is 6.00. The second kappa shape index (κ2) is 4.64. The second-order valence-electron chi connectivity index (χ2n) is 4.38. The minimum atomic E-state index is 0.608. The zero-order chi connectivity index (χ0) is 11.5. The number of ether oxygens (including phenoxy) is 1. The van der Waals surface area contributed by atoms with Crippen molar-refractivity contribution in [3.05, 3.63) is 18.2 Å². The van der Waals surface area contributed by atoms with Crippen LogP contribution in [0.3, 0.4) is 0 Å². The lowest BCUT2D eigenvalue weighted by molar-refractivity contribution is 0.340. The van der Waals surface area contributed by atoms with Crippen LogP contribution in [0, 0.1) is 0 Å². The molecule has 0 aromatic heterocycles. The van der Waals surface area contributed by atoms with E-state index in [1.807, 2.05) is 19.1 Å². The Balaban J connectivity index is 2.25. The van der Waals surface area contributed by atoms with Gasteiger partial charge in [0.1, 0.15) is 5.75 Å². The van der Waals surface area contributed by atoms with Gasteiger partial charge in [0.05, 0.1) is 6.61 Å². The first-order chi connectivity index (χ1) is 7.70. The van der Waals surface area contributed by atoms with E-state index in [0.717, 1.165) is 18.0 Å². The first-order valence-corrected chi connectivity index (χ1v) is 6.00. The van der Waals surface area contributed by atoms with Crippen molar-refractivity contribution in [1.29, 1.82) is 0 Å². The molecule has 2 rings (SSSR count). The average molecular weight is 220 g/mol. The van der Waals surface area contributed by atoms with Crippen LogP contribution in [0.1, 0.15) is 26.7 Å². The highest BCUT2D eigenvalue weighted by atomic mass is 16.5. The molecule has 1 atom stereocenters. The highest BCUT2D eigenvalue weighted by molar-refractivity contribution is 5.61. The fourth-order valence-corrected chi connectivity index (χ4v) is 2.34. The minimum absolute atomic E-state index is 0.608. The molecule has 1 saturated heterocycles. The average Bonchev–Trinajstić information content (AvgIpc) is 2.64. The Morgan fingerprint density at radius 2 is 2.25 bits per heavy atom. The SMILES string of the molecule is CCOc1cc(N)cc(N2CCCC2C)c1. The van der Waals surface area contributed by atoms with Gasteiger partial charge in [0, 0.05) is 36.1 Å². The maximum atomic E-state index is 5.90. The van der Waals surface area contributed by atoms with Crippen molar-refractivity contribution < 1.29 is 4.74 Å². The molecule has 0 saturated carbocycles. The molecular weight excluding hydrogens is 200 g/mol. The first kappa shape index (κ1) is 11.1. The summed E-state index contributed by atoms with van der Waals surface area (Å²) in [5, 5.41) is 0. The van der Waals surface area contributed by atoms with Crippen molar-refractivity contribution in [3.63, 3.8) is 0 Å². The largest absolute Gasteiger partial charge is 0.494 e. The van der Waals surface area contributed by atoms with E-state index in [2.05, 4.69) is 17.9 Å². The van der Waals surface area contributed by atoms with Crippen molar-refractivity contribution in [1.82, 2.24) is 0 Å². The van der Waals surface area contributed by atoms with Crippen LogP contribution in [0.5, 0.6) is 5.75 Å². The number of nitrogen functional groups attached to an aromatic ring is 1. The molecule has 1 aromatic rings. The van der Waals surface area contributed by atoms with Crippen LogP contribution in [-0.4, -0.2) is 19.2 Å². The van der Waals surface area contributed by atoms with Gasteiger partial charge in [-0.05, 0) is 32.8 Å². The van der Waals surface area contributed by atoms with Gasteiger partial charge < -0.3 is 15.4 Å². The van der Waals surface area contributed by atoms with Gasteiger partial charge in [0.15, 0.2) is 0 Å². The molecule has 1 aliphatic heterocycles. The Bertz CT molecular complexity index is 365. The maximum absolute atomic E-state index is 5.90. The van der Waals surface area contributed by atoms with E-state index in [-0.39, 0.29) is 0 Å². The van der Waals surface area contributed by atoms with Gasteiger partial charge in [0.25, 0.3) is 0 Å². The van der Waals surface area contributed by atoms with Crippen molar-refractivity contribution in [2.45, 2.75) is 32.7 Å². The molecule has 1 aliphatic rings. The number of hydrogen-bond acceptors (Lipinski definition) is 3. The summed E-state index contributed by atoms with van der Waals surface area (Å²) >= 11 is 0. The quantitative estimate of drug-likeness (QED) is 0.796. The fourth-order valence-electron chi connectivity index (χ4n) is 2.34. The van der Waals surface area contributed by atoms with Gasteiger partial charge in [-0.15, -0.1) is 0 Å². The molecule has 0 radical (unpaired) electrons. The van der Waals surface area contributed by atoms with Crippen LogP contribution in [0.25, 0.3) is 0 Å². The highest BCUT2D eigenvalue weighted by Gasteiger charge is 2.21. The van der Waals surface area contributed by atoms with Gasteiger partial charge in [-0.25, -0.2) is 0 Å². The standard InChI is InChI=1S/C13H20N2O/c1-3-16-13-8-11(14)7-12(9-13)15-6-4-5-10(15)2/h7-10H,3-6,14H2,1-2H3. The Morgan fingerprint density at radius 1 is 1.44 bits per heavy atom. The van der Waals surface area contributed by atoms with Crippen LogP contribution in [0.2, 0.25) is 0 Å². The van der Waals surface area contributed by atoms with Crippen LogP contribution in [0.4, 0.5) is 11.4 Å². The number of anilines is 2. The van der Waals surface area contributed by atoms with Crippen LogP contribution in [-0.2, 0) is 0 Å². The Morgan fingerprint density at radius 3 is 2.88 bits per heavy atom. The molecule has 0 aliphatic carbocycles. The Hall–Kier alpha value is -1.38. The topological polar surface area (TPSA) is 38.5 Å². The molecule has 0 spiro atoms. The monoisotopic (exact) mass is 220 g/mol. The zero-order valence-corrected chi connectivity index (χ0v) is 10.1. The number of rotatable bonds is 3. The normalized spacial score (nSPS) is 20.1. The van der Waals surface area contributed by atoms with Crippen LogP contribution < -0.4 is 15.4 Å². The van der Waals surface area contributed by atoms with Crippen molar-refractivity contribution in [2.75, 3.05) is 23.8 Å². The van der Waals surface area contributed by atoms with Gasteiger partial charge in [-0.3, -0.25) is 0 Å². The molecule has 3 heteroatoms. The second-order valence-corrected chi connectivity index (χ2v) is 4.38. The van der Waals surface area contributed by atoms with E-state index in [0.29, 0.717) is 12.6 Å². The van der Waals surface area contributed by atoms with Gasteiger partial charge in [-0.1, -0.05) is 0 Å². The molecule has 16 heavy (non-hydrogen) atoms. The predicted octanol–water partition coefficient (Wildman–Crippen LogP) is 2.66. The van der Waals surface area contributed by atoms with E-state index in [4.69, 9.17) is 10.5 Å². The number of nitrogens with zero attached hydrogens (tertiary/aromatic N) is 1. The van der Waals surface area contributed by atoms with E-state index >= 15 is 0 Å². The Labute approximate surface area is 97.2 Å². The molecule has 1 unspecified atom stereocenters. The number of benzene rings is 1. The molecule has 0 bridgehead atoms. The van der Waals surface area contributed by atoms with E-state index in [1.165, 1.54) is 18.5 Å². The van der Waals surface area contributed by atoms with Gasteiger partial charge >= 0.3 is 0 Å². The lowest BCUT2D eigenvalue weighted by Gasteiger charge is -2.24. The highest BCUT2D eigenvalue weighted by Crippen LogP contribution is 2.30. The summed E-state index contributed by atoms with van der Waals surface area (Å²) in [6.07, 6.45) is 2.53. The van der Waals surface area contributed by atoms with Gasteiger partial charge in [-0.2, -0.15) is 0 Å². The lowest BCUT2D eigenvalue weighted by atomic mass is 10.2. The molecule has 3 nitrogen and oxygen atoms in total. The summed E-state index contributed by atoms with van der Waals surface area (Å²) in [5.41, 5.74) is 7.86. The maximum Gasteiger partial charge on any atom is 0.123 e. The summed E-state index contributed by atoms with van der Waals surface area (Å²) in [6, 6.07) is 6.61. The van der Waals surface area contributed by atoms with Crippen molar-refractivity contribution >= 4 is 11.4 Å². The third kappa shape index (κ3) is 2.23. The fraction of sp³-hybridized carbons (Fsp3) is 0.538. The van der Waals surface area contributed by atoms with Crippen LogP contribution >= 0.6 is 0 Å². The molecule has 0 amide bonds. The van der Waals surface area contributed by atoms with Crippen molar-refractivity contribution in [3.8, 4) is 5.75 Å². The van der Waals surface area contributed by atoms with E-state index < -0.39 is 0 Å².